The fourth-order valence-corrected chi connectivity index (χ4v) is 2.59. The first kappa shape index (κ1) is 16.4. The maximum absolute atomic E-state index is 11.9. The molecule has 1 amide bonds. The maximum atomic E-state index is 11.9. The average Bonchev–Trinajstić information content (AvgIpc) is 2.52. The zero-order valence-electron chi connectivity index (χ0n) is 13.0. The van der Waals surface area contributed by atoms with Crippen LogP contribution in [0.1, 0.15) is 16.7 Å². The molecule has 0 fully saturated rings. The second-order valence-electron chi connectivity index (χ2n) is 5.18. The lowest BCUT2D eigenvalue weighted by Crippen LogP contribution is -2.14. The fraction of sp³-hybridized carbons (Fsp3) is 0.211. The highest BCUT2D eigenvalue weighted by Crippen LogP contribution is 2.14. The summed E-state index contributed by atoms with van der Waals surface area (Å²) in [4.78, 5) is 11.9. The molecule has 1 N–H and O–H groups in total. The molecule has 0 unspecified atom stereocenters. The third kappa shape index (κ3) is 5.41. The van der Waals surface area contributed by atoms with E-state index >= 15 is 0 Å². The summed E-state index contributed by atoms with van der Waals surface area (Å²) in [6.07, 6.45) is 4.16. The molecule has 0 aliphatic heterocycles. The first-order valence-electron chi connectivity index (χ1n) is 7.31. The van der Waals surface area contributed by atoms with Gasteiger partial charge in [0, 0.05) is 11.4 Å². The van der Waals surface area contributed by atoms with Crippen LogP contribution in [0, 0.1) is 13.8 Å². The summed E-state index contributed by atoms with van der Waals surface area (Å²) in [5, 5.41) is 2.93. The molecule has 0 bridgehead atoms. The van der Waals surface area contributed by atoms with Gasteiger partial charge < -0.3 is 5.32 Å². The maximum Gasteiger partial charge on any atom is 0.234 e. The number of amides is 1. The van der Waals surface area contributed by atoms with Gasteiger partial charge in [-0.25, -0.2) is 0 Å². The molecule has 114 valence electrons. The number of rotatable bonds is 6. The summed E-state index contributed by atoms with van der Waals surface area (Å²) in [7, 11) is 0. The lowest BCUT2D eigenvalue weighted by atomic mass is 10.1. The zero-order valence-corrected chi connectivity index (χ0v) is 13.8. The highest BCUT2D eigenvalue weighted by atomic mass is 32.2. The fourth-order valence-electron chi connectivity index (χ4n) is 1.98. The lowest BCUT2D eigenvalue weighted by Gasteiger charge is -2.07. The van der Waals surface area contributed by atoms with Crippen molar-refractivity contribution in [3.05, 3.63) is 71.3 Å². The molecule has 2 nitrogen and oxygen atoms in total. The van der Waals surface area contributed by atoms with Gasteiger partial charge in [-0.05, 0) is 42.7 Å². The highest BCUT2D eigenvalue weighted by molar-refractivity contribution is 8.00. The SMILES string of the molecule is Cc1ccc(NC(=O)CSCC=Cc2ccccc2)cc1C. The quantitative estimate of drug-likeness (QED) is 0.784. The van der Waals surface area contributed by atoms with E-state index in [4.69, 9.17) is 0 Å². The Balaban J connectivity index is 1.71. The molecule has 0 radical (unpaired) electrons. The van der Waals surface area contributed by atoms with Gasteiger partial charge in [0.2, 0.25) is 5.91 Å². The van der Waals surface area contributed by atoms with E-state index in [0.717, 1.165) is 11.4 Å². The van der Waals surface area contributed by atoms with Crippen molar-refractivity contribution in [2.24, 2.45) is 0 Å². The van der Waals surface area contributed by atoms with Crippen LogP contribution in [0.4, 0.5) is 5.69 Å². The van der Waals surface area contributed by atoms with Gasteiger partial charge in [-0.15, -0.1) is 11.8 Å². The van der Waals surface area contributed by atoms with Crippen LogP contribution in [0.15, 0.2) is 54.6 Å². The van der Waals surface area contributed by atoms with Crippen molar-refractivity contribution in [1.29, 1.82) is 0 Å². The number of carbonyl (C=O) groups excluding carboxylic acids is 1. The Morgan fingerprint density at radius 2 is 1.86 bits per heavy atom. The Morgan fingerprint density at radius 3 is 2.59 bits per heavy atom. The van der Waals surface area contributed by atoms with Crippen LogP contribution in [-0.4, -0.2) is 17.4 Å². The number of benzene rings is 2. The van der Waals surface area contributed by atoms with Crippen molar-refractivity contribution in [2.75, 3.05) is 16.8 Å². The molecule has 0 saturated heterocycles. The van der Waals surface area contributed by atoms with Gasteiger partial charge in [-0.1, -0.05) is 48.6 Å². The number of hydrogen-bond acceptors (Lipinski definition) is 2. The molecule has 0 heterocycles. The lowest BCUT2D eigenvalue weighted by molar-refractivity contribution is -0.113. The van der Waals surface area contributed by atoms with E-state index in [1.807, 2.05) is 43.3 Å². The minimum Gasteiger partial charge on any atom is -0.325 e. The molecule has 0 aliphatic carbocycles. The Hall–Kier alpha value is -2.00. The van der Waals surface area contributed by atoms with E-state index in [0.29, 0.717) is 5.75 Å². The smallest absolute Gasteiger partial charge is 0.234 e. The van der Waals surface area contributed by atoms with Crippen molar-refractivity contribution in [3.8, 4) is 0 Å². The van der Waals surface area contributed by atoms with Crippen LogP contribution in [0.3, 0.4) is 0 Å². The average molecular weight is 311 g/mol. The molecule has 2 aromatic rings. The van der Waals surface area contributed by atoms with Crippen LogP contribution in [-0.2, 0) is 4.79 Å². The van der Waals surface area contributed by atoms with Crippen molar-refractivity contribution in [3.63, 3.8) is 0 Å². The van der Waals surface area contributed by atoms with Crippen LogP contribution in [0.25, 0.3) is 6.08 Å². The van der Waals surface area contributed by atoms with Crippen LogP contribution < -0.4 is 5.32 Å². The largest absolute Gasteiger partial charge is 0.325 e. The summed E-state index contributed by atoms with van der Waals surface area (Å²) >= 11 is 1.61. The van der Waals surface area contributed by atoms with Gasteiger partial charge >= 0.3 is 0 Å². The molecule has 0 spiro atoms. The standard InChI is InChI=1S/C19H21NOS/c1-15-10-11-18(13-16(15)2)20-19(21)14-22-12-6-9-17-7-4-3-5-8-17/h3-11,13H,12,14H2,1-2H3,(H,20,21). The van der Waals surface area contributed by atoms with Gasteiger partial charge in [-0.3, -0.25) is 4.79 Å². The molecular weight excluding hydrogens is 290 g/mol. The van der Waals surface area contributed by atoms with Gasteiger partial charge in [0.1, 0.15) is 0 Å². The van der Waals surface area contributed by atoms with Crippen molar-refractivity contribution >= 4 is 29.4 Å². The van der Waals surface area contributed by atoms with E-state index < -0.39 is 0 Å². The highest BCUT2D eigenvalue weighted by Gasteiger charge is 2.02. The minimum absolute atomic E-state index is 0.0429. The molecule has 2 aromatic carbocycles. The molecule has 0 aromatic heterocycles. The van der Waals surface area contributed by atoms with E-state index in [1.54, 1.807) is 11.8 Å². The first-order valence-corrected chi connectivity index (χ1v) is 8.47. The molecule has 22 heavy (non-hydrogen) atoms. The van der Waals surface area contributed by atoms with Gasteiger partial charge in [0.25, 0.3) is 0 Å². The van der Waals surface area contributed by atoms with Crippen molar-refractivity contribution < 1.29 is 4.79 Å². The molecule has 0 aliphatic rings. The normalized spacial score (nSPS) is 10.8. The molecule has 3 heteroatoms. The van der Waals surface area contributed by atoms with E-state index in [1.165, 1.54) is 16.7 Å². The second kappa shape index (κ2) is 8.44. The number of thioether (sulfide) groups is 1. The van der Waals surface area contributed by atoms with Crippen LogP contribution >= 0.6 is 11.8 Å². The summed E-state index contributed by atoms with van der Waals surface area (Å²) in [5.74, 6) is 1.34. The van der Waals surface area contributed by atoms with E-state index in [9.17, 15) is 4.79 Å². The summed E-state index contributed by atoms with van der Waals surface area (Å²) < 4.78 is 0. The predicted octanol–water partition coefficient (Wildman–Crippen LogP) is 4.69. The Bertz CT molecular complexity index is 650. The molecular formula is C19H21NOS. The predicted molar refractivity (Wildman–Crippen MR) is 97.3 cm³/mol. The van der Waals surface area contributed by atoms with E-state index in [-0.39, 0.29) is 5.91 Å². The van der Waals surface area contributed by atoms with Crippen molar-refractivity contribution in [2.45, 2.75) is 13.8 Å². The topological polar surface area (TPSA) is 29.1 Å². The van der Waals surface area contributed by atoms with Gasteiger partial charge in [0.05, 0.1) is 5.75 Å². The second-order valence-corrected chi connectivity index (χ2v) is 6.21. The monoisotopic (exact) mass is 311 g/mol. The number of carbonyl (C=O) groups is 1. The summed E-state index contributed by atoms with van der Waals surface area (Å²) in [6.45, 7) is 4.12. The molecule has 0 saturated carbocycles. The zero-order chi connectivity index (χ0) is 15.8. The van der Waals surface area contributed by atoms with E-state index in [2.05, 4.69) is 36.5 Å². The Kier molecular flexibility index (Phi) is 6.28. The number of nitrogens with one attached hydrogen (secondary N) is 1. The van der Waals surface area contributed by atoms with Crippen molar-refractivity contribution in [1.82, 2.24) is 0 Å². The third-order valence-corrected chi connectivity index (χ3v) is 4.24. The van der Waals surface area contributed by atoms with Gasteiger partial charge in [0.15, 0.2) is 0 Å². The van der Waals surface area contributed by atoms with Crippen LogP contribution in [0.2, 0.25) is 0 Å². The molecule has 2 rings (SSSR count). The third-order valence-electron chi connectivity index (χ3n) is 3.35. The van der Waals surface area contributed by atoms with Crippen LogP contribution in [0.5, 0.6) is 0 Å². The van der Waals surface area contributed by atoms with Gasteiger partial charge in [-0.2, -0.15) is 0 Å². The Morgan fingerprint density at radius 1 is 1.09 bits per heavy atom. The molecule has 0 atom stereocenters. The minimum atomic E-state index is 0.0429. The number of aryl methyl sites for hydroxylation is 2. The summed E-state index contributed by atoms with van der Waals surface area (Å²) in [6, 6.07) is 16.1. The number of hydrogen-bond donors (Lipinski definition) is 1. The first-order chi connectivity index (χ1) is 10.6. The Labute approximate surface area is 136 Å². The summed E-state index contributed by atoms with van der Waals surface area (Å²) in [5.41, 5.74) is 4.48. The number of anilines is 1.